The lowest BCUT2D eigenvalue weighted by molar-refractivity contribution is 0.623. The molecule has 10 aromatic rings. The summed E-state index contributed by atoms with van der Waals surface area (Å²) in [5, 5.41) is 4.78. The molecule has 0 fully saturated rings. The first kappa shape index (κ1) is 31.1. The zero-order valence-corrected chi connectivity index (χ0v) is 30.7. The van der Waals surface area contributed by atoms with Crippen molar-refractivity contribution in [2.45, 2.75) is 19.3 Å². The molecule has 0 amide bonds. The third kappa shape index (κ3) is 4.70. The lowest BCUT2D eigenvalue weighted by atomic mass is 9.82. The van der Waals surface area contributed by atoms with Gasteiger partial charge >= 0.3 is 0 Å². The Morgan fingerprint density at radius 2 is 1.17 bits per heavy atom. The zero-order chi connectivity index (χ0) is 36.0. The van der Waals surface area contributed by atoms with Gasteiger partial charge in [-0.1, -0.05) is 117 Å². The molecular formula is C50H34N2OS. The topological polar surface area (TPSA) is 29.3 Å². The molecule has 54 heavy (non-hydrogen) atoms. The first-order chi connectivity index (χ1) is 26.5. The van der Waals surface area contributed by atoms with E-state index in [-0.39, 0.29) is 5.41 Å². The van der Waals surface area contributed by atoms with Crippen molar-refractivity contribution in [3.63, 3.8) is 0 Å². The first-order valence-corrected chi connectivity index (χ1v) is 19.3. The maximum absolute atomic E-state index is 6.41. The summed E-state index contributed by atoms with van der Waals surface area (Å²) < 4.78 is 9.02. The van der Waals surface area contributed by atoms with Gasteiger partial charge in [0.15, 0.2) is 5.58 Å². The minimum atomic E-state index is -0.101. The first-order valence-electron chi connectivity index (χ1n) is 18.5. The van der Waals surface area contributed by atoms with Crippen LogP contribution in [0, 0.1) is 0 Å². The molecule has 0 aliphatic heterocycles. The van der Waals surface area contributed by atoms with Gasteiger partial charge in [-0.2, -0.15) is 0 Å². The molecule has 0 saturated heterocycles. The summed E-state index contributed by atoms with van der Waals surface area (Å²) in [5.74, 6) is 0.639. The van der Waals surface area contributed by atoms with Crippen LogP contribution in [0.1, 0.15) is 25.0 Å². The number of anilines is 3. The van der Waals surface area contributed by atoms with E-state index in [1.807, 2.05) is 41.7 Å². The van der Waals surface area contributed by atoms with Crippen molar-refractivity contribution in [3.8, 4) is 33.7 Å². The average molecular weight is 711 g/mol. The van der Waals surface area contributed by atoms with Gasteiger partial charge in [0.2, 0.25) is 5.89 Å². The number of hydrogen-bond acceptors (Lipinski definition) is 4. The molecule has 3 nitrogen and oxygen atoms in total. The van der Waals surface area contributed by atoms with Crippen LogP contribution < -0.4 is 4.90 Å². The number of thiophene rings is 1. The molecule has 2 heterocycles. The van der Waals surface area contributed by atoms with E-state index in [0.29, 0.717) is 5.89 Å². The van der Waals surface area contributed by atoms with Gasteiger partial charge in [0.1, 0.15) is 5.52 Å². The van der Waals surface area contributed by atoms with Crippen LogP contribution in [0.15, 0.2) is 174 Å². The maximum Gasteiger partial charge on any atom is 0.227 e. The largest absolute Gasteiger partial charge is 0.435 e. The molecule has 0 atom stereocenters. The lowest BCUT2D eigenvalue weighted by Gasteiger charge is -2.28. The van der Waals surface area contributed by atoms with E-state index in [0.717, 1.165) is 55.6 Å². The SMILES string of the molecule is CC1(C)c2ccccc2-c2ccc(N(c3ccc(-c4cccc5c4ccc4nc(-c6ccccc6)oc45)cc3)c3ccc4sc5ccccc5c4c3)cc21. The highest BCUT2D eigenvalue weighted by molar-refractivity contribution is 7.25. The van der Waals surface area contributed by atoms with E-state index < -0.39 is 0 Å². The summed E-state index contributed by atoms with van der Waals surface area (Å²) >= 11 is 1.85. The van der Waals surface area contributed by atoms with Crippen LogP contribution in [0.2, 0.25) is 0 Å². The Hall–Kier alpha value is -6.49. The van der Waals surface area contributed by atoms with E-state index in [9.17, 15) is 0 Å². The standard InChI is InChI=1S/C50H34N2OS/c1-50(2)43-17-8-6-13-38(43)39-25-23-35(30-44(39)50)52(34-24-28-47-42(29-34)40-14-7-9-18-46(40)54-47)33-21-19-31(20-22-33)36-15-10-16-41-37(36)26-27-45-48(41)53-49(51-45)32-11-4-3-5-12-32/h3-30H,1-2H3. The number of oxazole rings is 1. The van der Waals surface area contributed by atoms with Gasteiger partial charge in [0.05, 0.1) is 0 Å². The van der Waals surface area contributed by atoms with Crippen molar-refractivity contribution in [3.05, 3.63) is 181 Å². The summed E-state index contributed by atoms with van der Waals surface area (Å²) in [6, 6.07) is 61.4. The molecule has 2 aromatic heterocycles. The van der Waals surface area contributed by atoms with Gasteiger partial charge in [-0.05, 0) is 105 Å². The predicted molar refractivity (Wildman–Crippen MR) is 228 cm³/mol. The molecule has 0 bridgehead atoms. The van der Waals surface area contributed by atoms with E-state index in [2.05, 4.69) is 158 Å². The molecule has 4 heteroatoms. The van der Waals surface area contributed by atoms with Gasteiger partial charge in [0.25, 0.3) is 0 Å². The van der Waals surface area contributed by atoms with Gasteiger partial charge < -0.3 is 9.32 Å². The van der Waals surface area contributed by atoms with Crippen molar-refractivity contribution < 1.29 is 4.42 Å². The van der Waals surface area contributed by atoms with Crippen molar-refractivity contribution in [1.82, 2.24) is 4.98 Å². The second kappa shape index (κ2) is 11.8. The molecule has 0 radical (unpaired) electrons. The van der Waals surface area contributed by atoms with E-state index in [1.165, 1.54) is 42.4 Å². The number of hydrogen-bond donors (Lipinski definition) is 0. The Balaban J connectivity index is 1.04. The summed E-state index contributed by atoms with van der Waals surface area (Å²) in [4.78, 5) is 7.24. The smallest absolute Gasteiger partial charge is 0.227 e. The highest BCUT2D eigenvalue weighted by Gasteiger charge is 2.35. The van der Waals surface area contributed by atoms with Crippen molar-refractivity contribution in [2.75, 3.05) is 4.90 Å². The number of fused-ring (bicyclic) bond motifs is 9. The van der Waals surface area contributed by atoms with Gasteiger partial charge in [-0.3, -0.25) is 0 Å². The Labute approximate surface area is 317 Å². The van der Waals surface area contributed by atoms with Crippen molar-refractivity contribution in [2.24, 2.45) is 0 Å². The van der Waals surface area contributed by atoms with E-state index in [1.54, 1.807) is 0 Å². The summed E-state index contributed by atoms with van der Waals surface area (Å²) in [6.07, 6.45) is 0. The normalized spacial score (nSPS) is 13.1. The second-order valence-corrected chi connectivity index (χ2v) is 15.8. The van der Waals surface area contributed by atoms with Gasteiger partial charge in [0, 0.05) is 53.6 Å². The van der Waals surface area contributed by atoms with Crippen molar-refractivity contribution >= 4 is 70.4 Å². The summed E-state index contributed by atoms with van der Waals surface area (Å²) in [6.45, 7) is 4.70. The third-order valence-electron chi connectivity index (χ3n) is 11.3. The fourth-order valence-electron chi connectivity index (χ4n) is 8.62. The highest BCUT2D eigenvalue weighted by atomic mass is 32.1. The Morgan fingerprint density at radius 3 is 2.06 bits per heavy atom. The van der Waals surface area contributed by atoms with Crippen LogP contribution in [0.5, 0.6) is 0 Å². The third-order valence-corrected chi connectivity index (χ3v) is 12.5. The molecule has 1 aliphatic carbocycles. The predicted octanol–water partition coefficient (Wildman–Crippen LogP) is 14.5. The molecule has 1 aliphatic rings. The van der Waals surface area contributed by atoms with Crippen LogP contribution in [-0.2, 0) is 5.41 Å². The summed E-state index contributed by atoms with van der Waals surface area (Å²) in [5.41, 5.74) is 13.6. The van der Waals surface area contributed by atoms with Crippen molar-refractivity contribution in [1.29, 1.82) is 0 Å². The number of benzene rings is 8. The average Bonchev–Trinajstić information content (AvgIpc) is 3.89. The summed E-state index contributed by atoms with van der Waals surface area (Å²) in [7, 11) is 0. The molecule has 0 unspecified atom stereocenters. The molecule has 0 N–H and O–H groups in total. The molecule has 256 valence electrons. The Bertz CT molecular complexity index is 3080. The lowest BCUT2D eigenvalue weighted by Crippen LogP contribution is -2.16. The number of nitrogens with zero attached hydrogens (tertiary/aromatic N) is 2. The fraction of sp³-hybridized carbons (Fsp3) is 0.0600. The minimum absolute atomic E-state index is 0.101. The monoisotopic (exact) mass is 710 g/mol. The fourth-order valence-corrected chi connectivity index (χ4v) is 9.71. The second-order valence-electron chi connectivity index (χ2n) is 14.8. The Morgan fingerprint density at radius 1 is 0.481 bits per heavy atom. The number of aromatic nitrogens is 1. The molecule has 0 saturated carbocycles. The quantitative estimate of drug-likeness (QED) is 0.178. The number of rotatable bonds is 5. The van der Waals surface area contributed by atoms with Crippen LogP contribution in [0.3, 0.4) is 0 Å². The Kier molecular flexibility index (Phi) is 6.77. The zero-order valence-electron chi connectivity index (χ0n) is 29.9. The van der Waals surface area contributed by atoms with E-state index >= 15 is 0 Å². The minimum Gasteiger partial charge on any atom is -0.435 e. The molecule has 8 aromatic carbocycles. The molecule has 11 rings (SSSR count). The molecular weight excluding hydrogens is 677 g/mol. The van der Waals surface area contributed by atoms with Crippen LogP contribution in [0.4, 0.5) is 17.1 Å². The van der Waals surface area contributed by atoms with Crippen LogP contribution in [0.25, 0.3) is 75.8 Å². The van der Waals surface area contributed by atoms with Crippen LogP contribution in [-0.4, -0.2) is 4.98 Å². The highest BCUT2D eigenvalue weighted by Crippen LogP contribution is 2.51. The molecule has 0 spiro atoms. The van der Waals surface area contributed by atoms with Crippen LogP contribution >= 0.6 is 11.3 Å². The van der Waals surface area contributed by atoms with E-state index in [4.69, 9.17) is 9.40 Å². The van der Waals surface area contributed by atoms with Gasteiger partial charge in [-0.15, -0.1) is 11.3 Å². The van der Waals surface area contributed by atoms with Gasteiger partial charge in [-0.25, -0.2) is 4.98 Å². The maximum atomic E-state index is 6.41.